The highest BCUT2D eigenvalue weighted by Gasteiger charge is 2.22. The van der Waals surface area contributed by atoms with Gasteiger partial charge in [0, 0.05) is 17.1 Å². The first-order valence-electron chi connectivity index (χ1n) is 6.32. The number of hydrogen-bond acceptors (Lipinski definition) is 2. The number of benzene rings is 2. The van der Waals surface area contributed by atoms with Crippen LogP contribution in [0.5, 0.6) is 5.75 Å². The molecule has 0 spiro atoms. The second-order valence-electron chi connectivity index (χ2n) is 4.63. The van der Waals surface area contributed by atoms with E-state index in [0.717, 1.165) is 10.0 Å². The molecule has 0 saturated heterocycles. The van der Waals surface area contributed by atoms with Crippen LogP contribution in [0.4, 0.5) is 0 Å². The van der Waals surface area contributed by atoms with E-state index in [1.807, 2.05) is 37.3 Å². The molecule has 20 heavy (non-hydrogen) atoms. The standard InChI is InChI=1S/C16H16BrNO2/c1-11(12-7-4-6-10-15(12)19)18(2)16(20)13-8-3-5-9-14(13)17/h3-11,19H,1-2H3. The average Bonchev–Trinajstić information content (AvgIpc) is 2.46. The summed E-state index contributed by atoms with van der Waals surface area (Å²) in [4.78, 5) is 14.1. The van der Waals surface area contributed by atoms with Gasteiger partial charge in [-0.05, 0) is 41.1 Å². The summed E-state index contributed by atoms with van der Waals surface area (Å²) in [5.41, 5.74) is 1.34. The zero-order valence-electron chi connectivity index (χ0n) is 11.4. The van der Waals surface area contributed by atoms with Crippen LogP contribution in [-0.2, 0) is 0 Å². The van der Waals surface area contributed by atoms with Gasteiger partial charge in [0.15, 0.2) is 0 Å². The molecule has 0 fully saturated rings. The van der Waals surface area contributed by atoms with E-state index in [-0.39, 0.29) is 17.7 Å². The summed E-state index contributed by atoms with van der Waals surface area (Å²) in [7, 11) is 1.74. The van der Waals surface area contributed by atoms with E-state index in [2.05, 4.69) is 15.9 Å². The Bertz CT molecular complexity index is 627. The number of carbonyl (C=O) groups excluding carboxylic acids is 1. The number of hydrogen-bond donors (Lipinski definition) is 1. The molecule has 0 aromatic heterocycles. The number of rotatable bonds is 3. The summed E-state index contributed by atoms with van der Waals surface area (Å²) in [6.07, 6.45) is 0. The fraction of sp³-hybridized carbons (Fsp3) is 0.188. The fourth-order valence-corrected chi connectivity index (χ4v) is 2.50. The number of para-hydroxylation sites is 1. The van der Waals surface area contributed by atoms with Gasteiger partial charge in [-0.3, -0.25) is 4.79 Å². The molecule has 1 amide bonds. The third kappa shape index (κ3) is 2.85. The van der Waals surface area contributed by atoms with E-state index in [9.17, 15) is 9.90 Å². The average molecular weight is 334 g/mol. The van der Waals surface area contributed by atoms with Crippen molar-refractivity contribution in [3.63, 3.8) is 0 Å². The van der Waals surface area contributed by atoms with Crippen molar-refractivity contribution < 1.29 is 9.90 Å². The van der Waals surface area contributed by atoms with Crippen LogP contribution >= 0.6 is 15.9 Å². The van der Waals surface area contributed by atoms with Crippen LogP contribution in [0.3, 0.4) is 0 Å². The fourth-order valence-electron chi connectivity index (χ4n) is 2.05. The predicted octanol–water partition coefficient (Wildman–Crippen LogP) is 3.99. The molecule has 1 atom stereocenters. The van der Waals surface area contributed by atoms with Gasteiger partial charge in [0.25, 0.3) is 5.91 Å². The first kappa shape index (κ1) is 14.6. The summed E-state index contributed by atoms with van der Waals surface area (Å²) in [5.74, 6) is 0.111. The SMILES string of the molecule is CC(c1ccccc1O)N(C)C(=O)c1ccccc1Br. The van der Waals surface area contributed by atoms with Crippen molar-refractivity contribution in [3.05, 3.63) is 64.1 Å². The van der Waals surface area contributed by atoms with E-state index >= 15 is 0 Å². The van der Waals surface area contributed by atoms with Gasteiger partial charge in [-0.25, -0.2) is 0 Å². The number of nitrogens with zero attached hydrogens (tertiary/aromatic N) is 1. The molecule has 2 rings (SSSR count). The molecule has 0 aliphatic heterocycles. The van der Waals surface area contributed by atoms with Crippen molar-refractivity contribution in [1.82, 2.24) is 4.90 Å². The van der Waals surface area contributed by atoms with Gasteiger partial charge in [0.1, 0.15) is 5.75 Å². The molecule has 0 aliphatic rings. The third-order valence-corrected chi connectivity index (χ3v) is 4.08. The third-order valence-electron chi connectivity index (χ3n) is 3.39. The second-order valence-corrected chi connectivity index (χ2v) is 5.49. The van der Waals surface area contributed by atoms with Crippen molar-refractivity contribution in [3.8, 4) is 5.75 Å². The van der Waals surface area contributed by atoms with E-state index in [1.54, 1.807) is 30.1 Å². The lowest BCUT2D eigenvalue weighted by molar-refractivity contribution is 0.0740. The summed E-state index contributed by atoms with van der Waals surface area (Å²) in [6, 6.07) is 14.2. The molecule has 104 valence electrons. The minimum atomic E-state index is -0.212. The molecule has 3 nitrogen and oxygen atoms in total. The van der Waals surface area contributed by atoms with Crippen molar-refractivity contribution in [1.29, 1.82) is 0 Å². The normalized spacial score (nSPS) is 11.9. The minimum Gasteiger partial charge on any atom is -0.508 e. The maximum Gasteiger partial charge on any atom is 0.255 e. The van der Waals surface area contributed by atoms with Gasteiger partial charge in [-0.2, -0.15) is 0 Å². The van der Waals surface area contributed by atoms with Crippen LogP contribution in [0.15, 0.2) is 53.0 Å². The highest BCUT2D eigenvalue weighted by molar-refractivity contribution is 9.10. The molecule has 4 heteroatoms. The Balaban J connectivity index is 2.28. The Morgan fingerprint density at radius 3 is 2.40 bits per heavy atom. The predicted molar refractivity (Wildman–Crippen MR) is 82.8 cm³/mol. The summed E-state index contributed by atoms with van der Waals surface area (Å²) >= 11 is 3.39. The van der Waals surface area contributed by atoms with E-state index < -0.39 is 0 Å². The molecular weight excluding hydrogens is 318 g/mol. The van der Waals surface area contributed by atoms with Crippen LogP contribution in [0.25, 0.3) is 0 Å². The first-order valence-corrected chi connectivity index (χ1v) is 7.11. The molecule has 2 aromatic rings. The van der Waals surface area contributed by atoms with E-state index in [4.69, 9.17) is 0 Å². The summed E-state index contributed by atoms with van der Waals surface area (Å²) in [6.45, 7) is 1.89. The molecule has 0 radical (unpaired) electrons. The van der Waals surface area contributed by atoms with Crippen molar-refractivity contribution in [2.24, 2.45) is 0 Å². The van der Waals surface area contributed by atoms with Crippen molar-refractivity contribution in [2.45, 2.75) is 13.0 Å². The number of phenols is 1. The lowest BCUT2D eigenvalue weighted by Gasteiger charge is -2.26. The largest absolute Gasteiger partial charge is 0.508 e. The van der Waals surface area contributed by atoms with Crippen LogP contribution in [0.2, 0.25) is 0 Å². The Morgan fingerprint density at radius 1 is 1.15 bits per heavy atom. The van der Waals surface area contributed by atoms with Crippen molar-refractivity contribution in [2.75, 3.05) is 7.05 Å². The van der Waals surface area contributed by atoms with Gasteiger partial charge < -0.3 is 10.0 Å². The van der Waals surface area contributed by atoms with Crippen LogP contribution in [-0.4, -0.2) is 23.0 Å². The monoisotopic (exact) mass is 333 g/mol. The zero-order valence-corrected chi connectivity index (χ0v) is 13.0. The van der Waals surface area contributed by atoms with Gasteiger partial charge >= 0.3 is 0 Å². The van der Waals surface area contributed by atoms with Gasteiger partial charge in [0.2, 0.25) is 0 Å². The second kappa shape index (κ2) is 6.09. The molecule has 0 saturated carbocycles. The molecule has 1 N–H and O–H groups in total. The topological polar surface area (TPSA) is 40.5 Å². The quantitative estimate of drug-likeness (QED) is 0.922. The maximum atomic E-state index is 12.5. The Labute approximate surface area is 127 Å². The summed E-state index contributed by atoms with van der Waals surface area (Å²) < 4.78 is 0.765. The van der Waals surface area contributed by atoms with Crippen LogP contribution in [0.1, 0.15) is 28.9 Å². The van der Waals surface area contributed by atoms with Gasteiger partial charge in [0.05, 0.1) is 11.6 Å². The van der Waals surface area contributed by atoms with Crippen LogP contribution < -0.4 is 0 Å². The highest BCUT2D eigenvalue weighted by atomic mass is 79.9. The number of carbonyl (C=O) groups is 1. The van der Waals surface area contributed by atoms with Gasteiger partial charge in [-0.1, -0.05) is 30.3 Å². The van der Waals surface area contributed by atoms with E-state index in [1.165, 1.54) is 0 Å². The minimum absolute atomic E-state index is 0.0896. The molecule has 0 heterocycles. The Hall–Kier alpha value is -1.81. The molecule has 2 aromatic carbocycles. The molecule has 0 aliphatic carbocycles. The summed E-state index contributed by atoms with van der Waals surface area (Å²) in [5, 5.41) is 9.89. The van der Waals surface area contributed by atoms with Crippen molar-refractivity contribution >= 4 is 21.8 Å². The van der Waals surface area contributed by atoms with Gasteiger partial charge in [-0.15, -0.1) is 0 Å². The Kier molecular flexibility index (Phi) is 4.45. The lowest BCUT2D eigenvalue weighted by atomic mass is 10.1. The Morgan fingerprint density at radius 2 is 1.75 bits per heavy atom. The lowest BCUT2D eigenvalue weighted by Crippen LogP contribution is -2.29. The zero-order chi connectivity index (χ0) is 14.7. The van der Waals surface area contributed by atoms with E-state index in [0.29, 0.717) is 5.56 Å². The number of halogens is 1. The number of aromatic hydroxyl groups is 1. The number of amides is 1. The smallest absolute Gasteiger partial charge is 0.255 e. The number of phenolic OH excluding ortho intramolecular Hbond substituents is 1. The molecule has 0 bridgehead atoms. The molecular formula is C16H16BrNO2. The first-order chi connectivity index (χ1) is 9.52. The van der Waals surface area contributed by atoms with Crippen LogP contribution in [0, 0.1) is 0 Å². The molecule has 1 unspecified atom stereocenters. The maximum absolute atomic E-state index is 12.5. The highest BCUT2D eigenvalue weighted by Crippen LogP contribution is 2.29.